The number of hydrogen-bond donors (Lipinski definition) is 2. The first-order chi connectivity index (χ1) is 23.3. The second kappa shape index (κ2) is 12.3. The number of aromatic nitrogens is 2. The first-order valence-corrected chi connectivity index (χ1v) is 16.4. The number of carbonyl (C=O) groups excluding carboxylic acids is 2. The van der Waals surface area contributed by atoms with E-state index < -0.39 is 5.91 Å². The average molecular weight is 627 g/mol. The smallest absolute Gasteiger partial charge is 0.258 e. The molecule has 0 saturated carbocycles. The van der Waals surface area contributed by atoms with E-state index in [1.165, 1.54) is 4.98 Å². The zero-order chi connectivity index (χ0) is 35.5. The van der Waals surface area contributed by atoms with E-state index in [9.17, 15) is 9.59 Å². The van der Waals surface area contributed by atoms with Crippen LogP contribution in [0.1, 0.15) is 83.7 Å². The minimum Gasteiger partial charge on any atom is -0.342 e. The molecular weight excluding hydrogens is 580 g/mol. The molecule has 5 aromatic rings. The molecule has 0 radical (unpaired) electrons. The Hall–Kier alpha value is -4.97. The Balaban J connectivity index is 1.37. The van der Waals surface area contributed by atoms with Gasteiger partial charge in [0.1, 0.15) is 5.82 Å². The molecule has 6 nitrogen and oxygen atoms in total. The fourth-order valence-electron chi connectivity index (χ4n) is 6.68. The van der Waals surface area contributed by atoms with E-state index >= 15 is 0 Å². The molecule has 0 bridgehead atoms. The quantitative estimate of drug-likeness (QED) is 0.204. The Morgan fingerprint density at radius 3 is 2.32 bits per heavy atom. The maximum Gasteiger partial charge on any atom is 0.258 e. The highest BCUT2D eigenvalue weighted by atomic mass is 16.2. The van der Waals surface area contributed by atoms with E-state index in [0.29, 0.717) is 47.6 Å². The van der Waals surface area contributed by atoms with Gasteiger partial charge in [-0.05, 0) is 141 Å². The molecule has 1 aliphatic heterocycles. The molecule has 2 N–H and O–H groups in total. The van der Waals surface area contributed by atoms with Crippen LogP contribution < -0.4 is 10.2 Å². The molecule has 0 saturated heterocycles. The van der Waals surface area contributed by atoms with E-state index in [4.69, 9.17) is 7.81 Å². The summed E-state index contributed by atoms with van der Waals surface area (Å²) in [5.74, 6) is 0.0951. The largest absolute Gasteiger partial charge is 0.342 e. The summed E-state index contributed by atoms with van der Waals surface area (Å²) in [6.45, 7) is 18.6. The lowest BCUT2D eigenvalue weighted by Gasteiger charge is -2.26. The van der Waals surface area contributed by atoms with Crippen LogP contribution in [0.3, 0.4) is 0 Å². The molecule has 1 aliphatic rings. The van der Waals surface area contributed by atoms with E-state index in [1.54, 1.807) is 23.1 Å². The van der Waals surface area contributed by atoms with Gasteiger partial charge in [-0.1, -0.05) is 31.2 Å². The number of imidazole rings is 1. The Labute approximate surface area is 281 Å². The van der Waals surface area contributed by atoms with Gasteiger partial charge >= 0.3 is 0 Å². The molecule has 240 valence electrons. The van der Waals surface area contributed by atoms with E-state index in [2.05, 4.69) is 33.8 Å². The van der Waals surface area contributed by atoms with Crippen molar-refractivity contribution < 1.29 is 12.4 Å². The standard InChI is InChI=1S/C41H44N4O2/c1-10-36-42-34-18-19-45(35-21-24(4)26(6)29(9)38(35)39(34)44-36)41(47)30-15-17-33(25(5)20-30)43-40(46)32-16-14-23(3)28(8)37(32)31-13-11-12-22(2)27(31)7/h11-17,20-21H,10,18-19H2,1-9H3,(H,42,44)(H,43,46)/i/hD2. The topological polar surface area (TPSA) is 78.1 Å². The third-order valence-electron chi connectivity index (χ3n) is 10.1. The maximum absolute atomic E-state index is 14.3. The average Bonchev–Trinajstić information content (AvgIpc) is 3.30. The molecule has 2 heterocycles. The number of H-pyrrole nitrogens is 1. The second-order valence-electron chi connectivity index (χ2n) is 12.9. The second-order valence-corrected chi connectivity index (χ2v) is 12.9. The summed E-state index contributed by atoms with van der Waals surface area (Å²) in [5, 5.41) is 0.944. The van der Waals surface area contributed by atoms with Gasteiger partial charge in [-0.2, -0.15) is 0 Å². The van der Waals surface area contributed by atoms with Crippen LogP contribution in [0.5, 0.6) is 0 Å². The van der Waals surface area contributed by atoms with Gasteiger partial charge in [0.05, 0.1) is 17.1 Å². The molecule has 0 atom stereocenters. The van der Waals surface area contributed by atoms with Crippen LogP contribution in [-0.4, -0.2) is 28.3 Å². The van der Waals surface area contributed by atoms with Crippen LogP contribution in [0.2, 0.25) is 2.82 Å². The first kappa shape index (κ1) is 29.4. The highest BCUT2D eigenvalue weighted by molar-refractivity contribution is 6.11. The van der Waals surface area contributed by atoms with Crippen LogP contribution >= 0.6 is 0 Å². The van der Waals surface area contributed by atoms with E-state index in [0.717, 1.165) is 78.0 Å². The maximum atomic E-state index is 14.3. The van der Waals surface area contributed by atoms with Crippen molar-refractivity contribution in [1.82, 2.24) is 9.96 Å². The predicted octanol–water partition coefficient (Wildman–Crippen LogP) is 9.23. The Morgan fingerprint density at radius 1 is 0.851 bits per heavy atom. The first-order valence-electron chi connectivity index (χ1n) is 17.3. The van der Waals surface area contributed by atoms with Crippen LogP contribution in [0.4, 0.5) is 11.4 Å². The summed E-state index contributed by atoms with van der Waals surface area (Å²) in [5.41, 5.74) is 14.6. The predicted molar refractivity (Wildman–Crippen MR) is 193 cm³/mol. The van der Waals surface area contributed by atoms with Crippen molar-refractivity contribution in [3.8, 4) is 22.4 Å². The molecule has 0 spiro atoms. The van der Waals surface area contributed by atoms with Crippen molar-refractivity contribution in [2.75, 3.05) is 16.8 Å². The summed E-state index contributed by atoms with van der Waals surface area (Å²) in [7, 11) is 0. The van der Waals surface area contributed by atoms with Gasteiger partial charge in [0.25, 0.3) is 11.8 Å². The molecule has 1 aromatic heterocycles. The van der Waals surface area contributed by atoms with E-state index in [1.807, 2.05) is 65.0 Å². The summed E-state index contributed by atoms with van der Waals surface area (Å²) in [6.07, 6.45) is 1.17. The fraction of sp³-hybridized carbons (Fsp3) is 0.293. The number of amides is 2. The number of carbonyl (C=O) groups is 2. The lowest BCUT2D eigenvalue weighted by Crippen LogP contribution is -2.33. The fourth-order valence-corrected chi connectivity index (χ4v) is 6.68. The Morgan fingerprint density at radius 2 is 1.60 bits per heavy atom. The van der Waals surface area contributed by atoms with Crippen molar-refractivity contribution >= 4 is 23.2 Å². The van der Waals surface area contributed by atoms with Crippen molar-refractivity contribution in [2.24, 2.45) is 0 Å². The van der Waals surface area contributed by atoms with Gasteiger partial charge in [-0.25, -0.2) is 4.98 Å². The summed E-state index contributed by atoms with van der Waals surface area (Å²) < 4.78 is 17.9. The van der Waals surface area contributed by atoms with Crippen LogP contribution in [0.25, 0.3) is 22.4 Å². The molecular formula is C41H44N4O2. The third kappa shape index (κ3) is 5.56. The van der Waals surface area contributed by atoms with Gasteiger partial charge in [0.15, 0.2) is 2.82 Å². The molecule has 4 aromatic carbocycles. The third-order valence-corrected chi connectivity index (χ3v) is 10.1. The van der Waals surface area contributed by atoms with Gasteiger partial charge in [0.2, 0.25) is 0 Å². The van der Waals surface area contributed by atoms with Crippen LogP contribution in [0.15, 0.2) is 54.6 Å². The van der Waals surface area contributed by atoms with Gasteiger partial charge in [-0.3, -0.25) is 9.59 Å². The number of aromatic amines is 1. The minimum absolute atomic E-state index is 0.176. The number of nitrogens with one attached hydrogen (secondary N) is 2. The highest BCUT2D eigenvalue weighted by Crippen LogP contribution is 2.41. The normalized spacial score (nSPS) is 13.0. The molecule has 6 heteroatoms. The van der Waals surface area contributed by atoms with Crippen LogP contribution in [0, 0.1) is 55.4 Å². The summed E-state index contributed by atoms with van der Waals surface area (Å²) in [6, 6.07) is 17.1. The number of benzene rings is 4. The highest BCUT2D eigenvalue weighted by Gasteiger charge is 2.30. The van der Waals surface area contributed by atoms with Gasteiger partial charge in [-0.15, -0.1) is 0 Å². The van der Waals surface area contributed by atoms with Crippen LogP contribution in [-0.2, 0) is 12.8 Å². The van der Waals surface area contributed by atoms with Crippen molar-refractivity contribution in [1.29, 1.82) is 0 Å². The Kier molecular flexibility index (Phi) is 7.72. The Bertz CT molecular complexity index is 2180. The van der Waals surface area contributed by atoms with E-state index in [-0.39, 0.29) is 5.91 Å². The van der Waals surface area contributed by atoms with Gasteiger partial charge < -0.3 is 15.2 Å². The number of hydrogen-bond acceptors (Lipinski definition) is 3. The molecule has 0 unspecified atom stereocenters. The SMILES string of the molecule is [2H]N(C(=O)c1ccc(C)c(C)c1-c1cccc(C)c1C)c1ccc(C(=O)N2CCc3nc(CC)n([2H])c3-c3c2cc(C)c(C)c3C)cc1C. The molecule has 6 rings (SSSR count). The minimum atomic E-state index is -0.434. The molecule has 0 fully saturated rings. The monoisotopic (exact) mass is 626 g/mol. The number of nitrogens with zero attached hydrogens (tertiary/aromatic N) is 2. The number of rotatable bonds is 5. The number of fused-ring (bicyclic) bond motifs is 3. The number of aryl methyl sites for hydroxylation is 5. The lowest BCUT2D eigenvalue weighted by molar-refractivity contribution is 0.0986. The van der Waals surface area contributed by atoms with Gasteiger partial charge in [0, 0.05) is 41.8 Å². The molecule has 2 amide bonds. The molecule has 0 aliphatic carbocycles. The lowest BCUT2D eigenvalue weighted by atomic mass is 9.88. The summed E-state index contributed by atoms with van der Waals surface area (Å²) in [4.78, 5) is 36.5. The van der Waals surface area contributed by atoms with Crippen molar-refractivity contribution in [2.45, 2.75) is 75.2 Å². The number of anilines is 2. The summed E-state index contributed by atoms with van der Waals surface area (Å²) >= 11 is 0. The van der Waals surface area contributed by atoms with Crippen molar-refractivity contribution in [3.05, 3.63) is 122 Å². The van der Waals surface area contributed by atoms with Crippen molar-refractivity contribution in [3.63, 3.8) is 0 Å². The zero-order valence-corrected chi connectivity index (χ0v) is 28.9. The molecule has 47 heavy (non-hydrogen) atoms. The zero-order valence-electron chi connectivity index (χ0n) is 30.9.